The van der Waals surface area contributed by atoms with Gasteiger partial charge in [-0.1, -0.05) is 38.5 Å². The lowest BCUT2D eigenvalue weighted by Gasteiger charge is -2.31. The smallest absolute Gasteiger partial charge is 0.295 e. The van der Waals surface area contributed by atoms with E-state index in [0.717, 1.165) is 32.4 Å². The lowest BCUT2D eigenvalue weighted by atomic mass is 9.93. The van der Waals surface area contributed by atoms with Gasteiger partial charge in [0.2, 0.25) is 0 Å². The van der Waals surface area contributed by atoms with Gasteiger partial charge in [-0.15, -0.1) is 0 Å². The van der Waals surface area contributed by atoms with E-state index < -0.39 is 17.7 Å². The van der Waals surface area contributed by atoms with Crippen molar-refractivity contribution in [2.45, 2.75) is 39.2 Å². The number of benzene rings is 2. The molecule has 2 fully saturated rings. The highest BCUT2D eigenvalue weighted by Crippen LogP contribution is 2.42. The number of Topliss-reactive ketones (excluding diaryl/α,β-unsaturated/α-hetero) is 1. The molecule has 42 heavy (non-hydrogen) atoms. The molecule has 0 aliphatic carbocycles. The molecule has 226 valence electrons. The van der Waals surface area contributed by atoms with Gasteiger partial charge in [0, 0.05) is 31.7 Å². The van der Waals surface area contributed by atoms with Crippen molar-refractivity contribution in [2.75, 3.05) is 59.7 Å². The molecule has 2 saturated heterocycles. The lowest BCUT2D eigenvalue weighted by Crippen LogP contribution is -2.42. The number of aliphatic hydroxyl groups is 1. The van der Waals surface area contributed by atoms with Crippen molar-refractivity contribution in [3.05, 3.63) is 71.3 Å². The van der Waals surface area contributed by atoms with Crippen LogP contribution in [0, 0.1) is 6.92 Å². The maximum Gasteiger partial charge on any atom is 0.295 e. The van der Waals surface area contributed by atoms with Crippen LogP contribution >= 0.6 is 0 Å². The monoisotopic (exact) mass is 578 g/mol. The second-order valence-electron chi connectivity index (χ2n) is 10.5. The van der Waals surface area contributed by atoms with Crippen LogP contribution in [-0.2, 0) is 14.3 Å². The summed E-state index contributed by atoms with van der Waals surface area (Å²) in [7, 11) is 1.56. The van der Waals surface area contributed by atoms with Crippen molar-refractivity contribution in [2.24, 2.45) is 0 Å². The third kappa shape index (κ3) is 7.14. The van der Waals surface area contributed by atoms with E-state index in [1.165, 1.54) is 0 Å². The number of hydrogen-bond acceptors (Lipinski definition) is 8. The van der Waals surface area contributed by atoms with Gasteiger partial charge in [0.05, 0.1) is 38.5 Å². The Labute approximate surface area is 248 Å². The Hall–Kier alpha value is -3.82. The Morgan fingerprint density at radius 1 is 1.07 bits per heavy atom. The number of amides is 1. The number of rotatable bonds is 14. The average molecular weight is 579 g/mol. The third-order valence-electron chi connectivity index (χ3n) is 7.63. The van der Waals surface area contributed by atoms with Crippen LogP contribution in [0.15, 0.2) is 54.6 Å². The zero-order valence-electron chi connectivity index (χ0n) is 24.9. The van der Waals surface area contributed by atoms with Crippen LogP contribution in [0.5, 0.6) is 17.2 Å². The Morgan fingerprint density at radius 2 is 1.86 bits per heavy atom. The minimum atomic E-state index is -0.801. The topological polar surface area (TPSA) is 97.8 Å². The maximum absolute atomic E-state index is 13.6. The SMILES string of the molecule is C=CCOc1ccc(/C(O)=C2\C(=O)C(=O)N(CCN3CCOCC3)C2c2ccc(OCCCCC)c(OC)c2)c(C)c1. The standard InChI is InChI=1S/C33H42N2O7/c1-5-7-8-18-42-27-12-9-24(22-28(27)39-4)30-29(31(36)26-11-10-25(21-23(26)3)41-17-6-2)32(37)33(38)35(30)14-13-34-15-19-40-20-16-34/h6,9-12,21-22,30,36H,2,5,7-8,13-20H2,1,3-4H3/b31-29+. The highest BCUT2D eigenvalue weighted by molar-refractivity contribution is 6.46. The number of aliphatic hydroxyl groups excluding tert-OH is 1. The van der Waals surface area contributed by atoms with Crippen LogP contribution in [0.1, 0.15) is 48.9 Å². The van der Waals surface area contributed by atoms with Gasteiger partial charge in [0.1, 0.15) is 18.1 Å². The molecule has 2 aromatic carbocycles. The maximum atomic E-state index is 13.6. The largest absolute Gasteiger partial charge is 0.507 e. The molecule has 1 N–H and O–H groups in total. The number of carbonyl (C=O) groups excluding carboxylic acids is 2. The molecule has 9 heteroatoms. The summed E-state index contributed by atoms with van der Waals surface area (Å²) in [6.45, 7) is 12.2. The number of carbonyl (C=O) groups is 2. The molecule has 0 bridgehead atoms. The van der Waals surface area contributed by atoms with Gasteiger partial charge >= 0.3 is 0 Å². The molecule has 0 radical (unpaired) electrons. The molecule has 1 amide bonds. The van der Waals surface area contributed by atoms with Crippen LogP contribution in [0.3, 0.4) is 0 Å². The molecular formula is C33H42N2O7. The first kappa shape index (κ1) is 31.1. The van der Waals surface area contributed by atoms with Crippen LogP contribution in [-0.4, -0.2) is 86.3 Å². The molecule has 2 aromatic rings. The van der Waals surface area contributed by atoms with E-state index in [9.17, 15) is 14.7 Å². The summed E-state index contributed by atoms with van der Waals surface area (Å²) >= 11 is 0. The van der Waals surface area contributed by atoms with E-state index in [1.807, 2.05) is 13.0 Å². The summed E-state index contributed by atoms with van der Waals surface area (Å²) in [6, 6.07) is 9.85. The van der Waals surface area contributed by atoms with E-state index >= 15 is 0 Å². The van der Waals surface area contributed by atoms with E-state index in [-0.39, 0.29) is 11.3 Å². The number of methoxy groups -OCH3 is 1. The minimum absolute atomic E-state index is 0.0449. The lowest BCUT2D eigenvalue weighted by molar-refractivity contribution is -0.140. The van der Waals surface area contributed by atoms with Crippen molar-refractivity contribution in [1.29, 1.82) is 0 Å². The van der Waals surface area contributed by atoms with Crippen LogP contribution < -0.4 is 14.2 Å². The number of hydrogen-bond donors (Lipinski definition) is 1. The number of nitrogens with zero attached hydrogens (tertiary/aromatic N) is 2. The Bertz CT molecular complexity index is 1300. The molecule has 0 spiro atoms. The van der Waals surface area contributed by atoms with Gasteiger partial charge in [-0.05, 0) is 54.8 Å². The Kier molecular flexibility index (Phi) is 11.0. The number of likely N-dealkylation sites (tertiary alicyclic amines) is 1. The molecule has 2 aliphatic rings. The normalized spacial score (nSPS) is 18.7. The predicted molar refractivity (Wildman–Crippen MR) is 161 cm³/mol. The van der Waals surface area contributed by atoms with Gasteiger partial charge in [0.25, 0.3) is 11.7 Å². The van der Waals surface area contributed by atoms with Crippen LogP contribution in [0.25, 0.3) is 5.76 Å². The number of aryl methyl sites for hydroxylation is 1. The van der Waals surface area contributed by atoms with Gasteiger partial charge in [0.15, 0.2) is 11.5 Å². The Morgan fingerprint density at radius 3 is 2.55 bits per heavy atom. The van der Waals surface area contributed by atoms with Crippen molar-refractivity contribution in [3.8, 4) is 17.2 Å². The Balaban J connectivity index is 1.73. The van der Waals surface area contributed by atoms with Gasteiger partial charge in [-0.25, -0.2) is 0 Å². The van der Waals surface area contributed by atoms with Crippen molar-refractivity contribution >= 4 is 17.4 Å². The summed E-state index contributed by atoms with van der Waals surface area (Å²) in [5.74, 6) is 0.128. The summed E-state index contributed by atoms with van der Waals surface area (Å²) in [5.41, 5.74) is 1.86. The summed E-state index contributed by atoms with van der Waals surface area (Å²) in [4.78, 5) is 30.8. The predicted octanol–water partition coefficient (Wildman–Crippen LogP) is 4.89. The molecular weight excluding hydrogens is 536 g/mol. The zero-order chi connectivity index (χ0) is 30.1. The fraction of sp³-hybridized carbons (Fsp3) is 0.455. The summed E-state index contributed by atoms with van der Waals surface area (Å²) < 4.78 is 22.7. The van der Waals surface area contributed by atoms with E-state index in [1.54, 1.807) is 48.4 Å². The first-order chi connectivity index (χ1) is 20.4. The second-order valence-corrected chi connectivity index (χ2v) is 10.5. The molecule has 1 unspecified atom stereocenters. The number of unbranched alkanes of at least 4 members (excludes halogenated alkanes) is 2. The van der Waals surface area contributed by atoms with E-state index in [2.05, 4.69) is 18.4 Å². The first-order valence-electron chi connectivity index (χ1n) is 14.6. The van der Waals surface area contributed by atoms with E-state index in [0.29, 0.717) is 73.5 Å². The highest BCUT2D eigenvalue weighted by Gasteiger charge is 2.46. The van der Waals surface area contributed by atoms with Gasteiger partial charge < -0.3 is 29.0 Å². The van der Waals surface area contributed by atoms with Crippen molar-refractivity contribution < 1.29 is 33.6 Å². The minimum Gasteiger partial charge on any atom is -0.507 e. The quantitative estimate of drug-likeness (QED) is 0.111. The highest BCUT2D eigenvalue weighted by atomic mass is 16.5. The fourth-order valence-electron chi connectivity index (χ4n) is 5.33. The summed E-state index contributed by atoms with van der Waals surface area (Å²) in [5, 5.41) is 11.6. The second kappa shape index (κ2) is 14.9. The van der Waals surface area contributed by atoms with Crippen molar-refractivity contribution in [1.82, 2.24) is 9.80 Å². The molecule has 1 atom stereocenters. The van der Waals surface area contributed by atoms with Gasteiger partial charge in [-0.2, -0.15) is 0 Å². The molecule has 0 saturated carbocycles. The summed E-state index contributed by atoms with van der Waals surface area (Å²) in [6.07, 6.45) is 4.74. The molecule has 0 aromatic heterocycles. The number of ketones is 1. The average Bonchev–Trinajstić information content (AvgIpc) is 3.26. The number of morpholine rings is 1. The molecule has 2 heterocycles. The molecule has 2 aliphatic heterocycles. The first-order valence-corrected chi connectivity index (χ1v) is 14.6. The van der Waals surface area contributed by atoms with E-state index in [4.69, 9.17) is 18.9 Å². The fourth-order valence-corrected chi connectivity index (χ4v) is 5.33. The van der Waals surface area contributed by atoms with Crippen molar-refractivity contribution in [3.63, 3.8) is 0 Å². The third-order valence-corrected chi connectivity index (χ3v) is 7.63. The van der Waals surface area contributed by atoms with Crippen LogP contribution in [0.2, 0.25) is 0 Å². The number of ether oxygens (including phenoxy) is 4. The molecule has 4 rings (SSSR count). The van der Waals surface area contributed by atoms with Crippen LogP contribution in [0.4, 0.5) is 0 Å². The van der Waals surface area contributed by atoms with Gasteiger partial charge in [-0.3, -0.25) is 14.5 Å². The zero-order valence-corrected chi connectivity index (χ0v) is 24.9. The molecule has 9 nitrogen and oxygen atoms in total.